The average molecular weight is 838 g/mol. The molecule has 8 rings (SSSR count). The number of pyridine rings is 2. The molecule has 0 saturated carbocycles. The van der Waals surface area contributed by atoms with Crippen molar-refractivity contribution in [3.63, 3.8) is 0 Å². The van der Waals surface area contributed by atoms with Crippen LogP contribution in [0.1, 0.15) is 5.56 Å². The molecule has 0 saturated heterocycles. The van der Waals surface area contributed by atoms with Crippen molar-refractivity contribution in [1.82, 2.24) is 19.5 Å². The van der Waals surface area contributed by atoms with Gasteiger partial charge in [-0.25, -0.2) is 0 Å². The van der Waals surface area contributed by atoms with Crippen LogP contribution in [0.2, 0.25) is 17.3 Å². The van der Waals surface area contributed by atoms with Gasteiger partial charge in [-0.15, -0.1) is 35.9 Å². The Kier molecular flexibility index (Phi) is 9.05. The van der Waals surface area contributed by atoms with Crippen molar-refractivity contribution in [3.05, 3.63) is 139 Å². The second-order valence-corrected chi connectivity index (χ2v) is 22.7. The molecular formula is C39H32GeIrN4O-2. The topological polar surface area (TPSA) is 56.7 Å². The summed E-state index contributed by atoms with van der Waals surface area (Å²) in [6.07, 6.45) is 5.50. The van der Waals surface area contributed by atoms with E-state index in [0.29, 0.717) is 0 Å². The minimum Gasteiger partial charge on any atom is -0.305 e. The standard InChI is InChI=1S/C28H24GeN3O.C11H8N.Ir/c1-18-16-30-17-24-26(18)32(20-9-6-5-7-10-20)28(31-24)23-12-8-11-22-21-14-13-19(29(2,3)4)15-25(21)33-27(22)23;1-2-6-10(7-3-1)11-8-4-5-9-12-11;/h5-11,13-17H,1-4H3;1-6,8-9H;/q2*-1;. The molecule has 5 nitrogen and oxygen atoms in total. The molecule has 46 heavy (non-hydrogen) atoms. The van der Waals surface area contributed by atoms with E-state index in [2.05, 4.69) is 87.3 Å². The van der Waals surface area contributed by atoms with E-state index < -0.39 is 13.3 Å². The molecule has 0 spiro atoms. The number of hydrogen-bond acceptors (Lipinski definition) is 4. The number of furan rings is 1. The summed E-state index contributed by atoms with van der Waals surface area (Å²) in [7, 11) is 0. The third-order valence-electron chi connectivity index (χ3n) is 7.93. The Morgan fingerprint density at radius 1 is 0.783 bits per heavy atom. The van der Waals surface area contributed by atoms with Crippen LogP contribution in [-0.2, 0) is 20.1 Å². The summed E-state index contributed by atoms with van der Waals surface area (Å²) in [6, 6.07) is 41.4. The van der Waals surface area contributed by atoms with Crippen molar-refractivity contribution in [1.29, 1.82) is 0 Å². The monoisotopic (exact) mass is 839 g/mol. The third-order valence-corrected chi connectivity index (χ3v) is 12.2. The zero-order chi connectivity index (χ0) is 31.0. The number of aromatic nitrogens is 4. The molecule has 0 fully saturated rings. The molecule has 4 aromatic carbocycles. The summed E-state index contributed by atoms with van der Waals surface area (Å²) in [4.78, 5) is 13.6. The van der Waals surface area contributed by atoms with Crippen LogP contribution in [0, 0.1) is 19.1 Å². The van der Waals surface area contributed by atoms with E-state index in [1.807, 2.05) is 79.1 Å². The first-order chi connectivity index (χ1) is 21.9. The zero-order valence-corrected chi connectivity index (χ0v) is 30.6. The number of fused-ring (bicyclic) bond motifs is 4. The minimum atomic E-state index is -1.97. The van der Waals surface area contributed by atoms with Crippen LogP contribution in [0.4, 0.5) is 0 Å². The van der Waals surface area contributed by atoms with Crippen molar-refractivity contribution in [2.24, 2.45) is 0 Å². The van der Waals surface area contributed by atoms with Crippen molar-refractivity contribution in [3.8, 4) is 28.3 Å². The van der Waals surface area contributed by atoms with E-state index in [9.17, 15) is 0 Å². The molecule has 0 aliphatic carbocycles. The van der Waals surface area contributed by atoms with Gasteiger partial charge in [-0.1, -0.05) is 12.1 Å². The van der Waals surface area contributed by atoms with E-state index in [-0.39, 0.29) is 20.1 Å². The molecule has 1 radical (unpaired) electrons. The predicted molar refractivity (Wildman–Crippen MR) is 187 cm³/mol. The number of aryl methyl sites for hydroxylation is 1. The molecule has 0 aliphatic heterocycles. The Morgan fingerprint density at radius 2 is 1.59 bits per heavy atom. The number of imidazole rings is 1. The Balaban J connectivity index is 0.000000241. The molecule has 0 unspecified atom stereocenters. The summed E-state index contributed by atoms with van der Waals surface area (Å²) in [5, 5.41) is 2.23. The van der Waals surface area contributed by atoms with Crippen LogP contribution in [0.25, 0.3) is 61.3 Å². The molecule has 0 bridgehead atoms. The Morgan fingerprint density at radius 3 is 2.33 bits per heavy atom. The van der Waals surface area contributed by atoms with E-state index in [1.54, 1.807) is 6.20 Å². The van der Waals surface area contributed by atoms with Crippen LogP contribution < -0.4 is 4.40 Å². The van der Waals surface area contributed by atoms with Crippen molar-refractivity contribution in [2.75, 3.05) is 0 Å². The number of rotatable bonds is 4. The first kappa shape index (κ1) is 31.6. The van der Waals surface area contributed by atoms with Crippen LogP contribution in [-0.4, -0.2) is 32.8 Å². The Labute approximate surface area is 285 Å². The van der Waals surface area contributed by atoms with Gasteiger partial charge in [0.05, 0.1) is 0 Å². The smallest absolute Gasteiger partial charge is 0.0160 e. The number of hydrogen-bond donors (Lipinski definition) is 0. The maximum atomic E-state index is 6.52. The van der Waals surface area contributed by atoms with Gasteiger partial charge in [0.15, 0.2) is 0 Å². The van der Waals surface area contributed by atoms with Crippen LogP contribution >= 0.6 is 0 Å². The second-order valence-electron chi connectivity index (χ2n) is 12.1. The maximum absolute atomic E-state index is 6.52. The first-order valence-corrected chi connectivity index (χ1v) is 22.4. The van der Waals surface area contributed by atoms with Gasteiger partial charge < -0.3 is 4.98 Å². The molecule has 8 aromatic rings. The van der Waals surface area contributed by atoms with Crippen LogP contribution in [0.5, 0.6) is 0 Å². The Hall–Kier alpha value is -4.36. The third kappa shape index (κ3) is 6.08. The van der Waals surface area contributed by atoms with Crippen LogP contribution in [0.3, 0.4) is 0 Å². The summed E-state index contributed by atoms with van der Waals surface area (Å²) in [6.45, 7) is 2.07. The van der Waals surface area contributed by atoms with Gasteiger partial charge in [0.25, 0.3) is 0 Å². The molecule has 0 N–H and O–H groups in total. The molecule has 0 aliphatic rings. The van der Waals surface area contributed by atoms with E-state index in [1.165, 1.54) is 4.40 Å². The van der Waals surface area contributed by atoms with Gasteiger partial charge in [-0.05, 0) is 11.8 Å². The number of nitrogens with zero attached hydrogens (tertiary/aromatic N) is 4. The van der Waals surface area contributed by atoms with Gasteiger partial charge in [0.1, 0.15) is 0 Å². The van der Waals surface area contributed by atoms with Crippen molar-refractivity contribution in [2.45, 2.75) is 24.2 Å². The predicted octanol–water partition coefficient (Wildman–Crippen LogP) is 9.19. The van der Waals surface area contributed by atoms with Crippen LogP contribution in [0.15, 0.2) is 126 Å². The van der Waals surface area contributed by atoms with Gasteiger partial charge in [0, 0.05) is 26.3 Å². The molecular weight excluding hydrogens is 805 g/mol. The molecule has 7 heteroatoms. The number of benzene rings is 4. The van der Waals surface area contributed by atoms with Gasteiger partial charge >= 0.3 is 196 Å². The molecule has 4 aromatic heterocycles. The molecule has 0 atom stereocenters. The second kappa shape index (κ2) is 13.2. The summed E-state index contributed by atoms with van der Waals surface area (Å²) in [5.41, 5.74) is 8.67. The normalized spacial score (nSPS) is 11.3. The van der Waals surface area contributed by atoms with Gasteiger partial charge in [-0.3, -0.25) is 0 Å². The quantitative estimate of drug-likeness (QED) is 0.131. The Bertz CT molecular complexity index is 2220. The average Bonchev–Trinajstić information content (AvgIpc) is 3.65. The van der Waals surface area contributed by atoms with Crippen molar-refractivity contribution >= 4 is 50.6 Å². The van der Waals surface area contributed by atoms with Gasteiger partial charge in [0.2, 0.25) is 0 Å². The fraction of sp³-hybridized carbons (Fsp3) is 0.103. The van der Waals surface area contributed by atoms with Crippen molar-refractivity contribution < 1.29 is 24.5 Å². The first-order valence-electron chi connectivity index (χ1n) is 15.0. The summed E-state index contributed by atoms with van der Waals surface area (Å²) in [5.74, 6) is 8.02. The minimum absolute atomic E-state index is 0. The number of para-hydroxylation sites is 1. The van der Waals surface area contributed by atoms with E-state index >= 15 is 0 Å². The van der Waals surface area contributed by atoms with E-state index in [4.69, 9.17) is 9.40 Å². The maximum Gasteiger partial charge on any atom is 0.0160 e. The fourth-order valence-electron chi connectivity index (χ4n) is 5.63. The summed E-state index contributed by atoms with van der Waals surface area (Å²) < 4.78 is 10.2. The fourth-order valence-corrected chi connectivity index (χ4v) is 8.04. The van der Waals surface area contributed by atoms with E-state index in [0.717, 1.165) is 66.9 Å². The molecule has 4 heterocycles. The molecule has 0 amide bonds. The SMILES string of the molecule is Cc1cncc2nc(-c3[c-]ccc4c3oc3c[c]([Ge]([CH3])([CH3])[CH3])ccc34)n(-c3ccccc3)c12.[Ir].[c-]1ccccc1-c1ccccn1. The zero-order valence-electron chi connectivity index (χ0n) is 26.1. The van der Waals surface area contributed by atoms with Gasteiger partial charge in [-0.2, -0.15) is 0 Å². The molecule has 229 valence electrons. The summed E-state index contributed by atoms with van der Waals surface area (Å²) >= 11 is -1.97. The largest absolute Gasteiger partial charge is 0.305 e.